The molecule has 14 heavy (non-hydrogen) atoms. The second kappa shape index (κ2) is 3.41. The van der Waals surface area contributed by atoms with Gasteiger partial charge in [0.2, 0.25) is 0 Å². The highest BCUT2D eigenvalue weighted by Crippen LogP contribution is 2.35. The molecule has 72 valence electrons. The van der Waals surface area contributed by atoms with Gasteiger partial charge in [-0.25, -0.2) is 0 Å². The first-order valence-corrected chi connectivity index (χ1v) is 4.01. The lowest BCUT2D eigenvalue weighted by Gasteiger charge is -2.05. The van der Waals surface area contributed by atoms with Gasteiger partial charge < -0.3 is 13.9 Å². The molecule has 0 unspecified atom stereocenters. The molecule has 0 aliphatic rings. The van der Waals surface area contributed by atoms with E-state index in [0.717, 1.165) is 5.39 Å². The number of furan rings is 1. The van der Waals surface area contributed by atoms with Crippen LogP contribution in [0.5, 0.6) is 11.5 Å². The van der Waals surface area contributed by atoms with Gasteiger partial charge in [-0.3, -0.25) is 4.79 Å². The van der Waals surface area contributed by atoms with Crippen molar-refractivity contribution in [3.8, 4) is 11.5 Å². The predicted octanol–water partition coefficient (Wildman–Crippen LogP) is 1.98. The highest BCUT2D eigenvalue weighted by molar-refractivity contribution is 5.87. The molecule has 4 nitrogen and oxygen atoms in total. The molecule has 0 saturated heterocycles. The number of fused-ring (bicyclic) bond motifs is 1. The van der Waals surface area contributed by atoms with Crippen molar-refractivity contribution in [2.75, 3.05) is 7.11 Å². The summed E-state index contributed by atoms with van der Waals surface area (Å²) < 4.78 is 15.1. The van der Waals surface area contributed by atoms with Gasteiger partial charge in [-0.2, -0.15) is 0 Å². The molecular formula is C10H8O4. The van der Waals surface area contributed by atoms with E-state index in [4.69, 9.17) is 13.9 Å². The van der Waals surface area contributed by atoms with Crippen molar-refractivity contribution in [2.24, 2.45) is 0 Å². The topological polar surface area (TPSA) is 48.7 Å². The van der Waals surface area contributed by atoms with Gasteiger partial charge in [0.15, 0.2) is 11.5 Å². The van der Waals surface area contributed by atoms with Crippen molar-refractivity contribution in [3.63, 3.8) is 0 Å². The van der Waals surface area contributed by atoms with Crippen LogP contribution >= 0.6 is 0 Å². The van der Waals surface area contributed by atoms with Crippen molar-refractivity contribution < 1.29 is 18.7 Å². The summed E-state index contributed by atoms with van der Waals surface area (Å²) in [6.45, 7) is 0.365. The molecule has 0 bridgehead atoms. The van der Waals surface area contributed by atoms with Gasteiger partial charge in [0.1, 0.15) is 5.58 Å². The Balaban J connectivity index is 2.65. The Hall–Kier alpha value is -1.97. The third-order valence-electron chi connectivity index (χ3n) is 1.93. The summed E-state index contributed by atoms with van der Waals surface area (Å²) in [6, 6.07) is 5.10. The standard InChI is InChI=1S/C10H8O4/c1-12-10-7-4-5-13-8(7)2-3-9(10)14-6-11/h2-6H,1H3. The summed E-state index contributed by atoms with van der Waals surface area (Å²) in [5.41, 5.74) is 0.695. The monoisotopic (exact) mass is 192 g/mol. The van der Waals surface area contributed by atoms with Crippen LogP contribution in [0, 0.1) is 0 Å². The van der Waals surface area contributed by atoms with E-state index >= 15 is 0 Å². The SMILES string of the molecule is COc1c(OC=O)ccc2occc12. The molecule has 0 fully saturated rings. The Morgan fingerprint density at radius 1 is 1.36 bits per heavy atom. The maximum atomic E-state index is 10.2. The summed E-state index contributed by atoms with van der Waals surface area (Å²) in [5, 5.41) is 0.784. The van der Waals surface area contributed by atoms with E-state index in [1.807, 2.05) is 0 Å². The van der Waals surface area contributed by atoms with Crippen molar-refractivity contribution >= 4 is 17.4 Å². The Morgan fingerprint density at radius 3 is 2.93 bits per heavy atom. The molecule has 1 heterocycles. The van der Waals surface area contributed by atoms with Crippen LogP contribution in [-0.2, 0) is 4.79 Å². The molecule has 0 saturated carbocycles. The second-order valence-electron chi connectivity index (χ2n) is 2.64. The Labute approximate surface area is 80.0 Å². The maximum Gasteiger partial charge on any atom is 0.298 e. The average molecular weight is 192 g/mol. The highest BCUT2D eigenvalue weighted by atomic mass is 16.5. The Kier molecular flexibility index (Phi) is 2.10. The van der Waals surface area contributed by atoms with E-state index in [0.29, 0.717) is 23.6 Å². The van der Waals surface area contributed by atoms with E-state index in [2.05, 4.69) is 0 Å². The van der Waals surface area contributed by atoms with Crippen molar-refractivity contribution in [2.45, 2.75) is 0 Å². The van der Waals surface area contributed by atoms with E-state index in [1.165, 1.54) is 7.11 Å². The molecule has 1 aromatic heterocycles. The first-order chi connectivity index (χ1) is 6.86. The predicted molar refractivity (Wildman–Crippen MR) is 49.5 cm³/mol. The minimum absolute atomic E-state index is 0.365. The van der Waals surface area contributed by atoms with Crippen LogP contribution in [-0.4, -0.2) is 13.6 Å². The lowest BCUT2D eigenvalue weighted by Crippen LogP contribution is -1.93. The summed E-state index contributed by atoms with van der Waals surface area (Å²) in [4.78, 5) is 10.2. The number of benzene rings is 1. The van der Waals surface area contributed by atoms with Gasteiger partial charge in [0.25, 0.3) is 6.47 Å². The molecule has 0 aliphatic carbocycles. The molecule has 0 N–H and O–H groups in total. The number of hydrogen-bond donors (Lipinski definition) is 0. The van der Waals surface area contributed by atoms with Crippen molar-refractivity contribution in [1.29, 1.82) is 0 Å². The van der Waals surface area contributed by atoms with Crippen LogP contribution in [0.1, 0.15) is 0 Å². The van der Waals surface area contributed by atoms with Gasteiger partial charge in [-0.1, -0.05) is 0 Å². The van der Waals surface area contributed by atoms with Gasteiger partial charge in [-0.05, 0) is 18.2 Å². The molecule has 4 heteroatoms. The fourth-order valence-electron chi connectivity index (χ4n) is 1.35. The van der Waals surface area contributed by atoms with E-state index < -0.39 is 0 Å². The van der Waals surface area contributed by atoms with E-state index in [-0.39, 0.29) is 0 Å². The van der Waals surface area contributed by atoms with Crippen molar-refractivity contribution in [1.82, 2.24) is 0 Å². The summed E-state index contributed by atoms with van der Waals surface area (Å²) >= 11 is 0. The zero-order valence-electron chi connectivity index (χ0n) is 7.52. The summed E-state index contributed by atoms with van der Waals surface area (Å²) in [5.74, 6) is 0.889. The van der Waals surface area contributed by atoms with Gasteiger partial charge in [0.05, 0.1) is 18.8 Å². The number of hydrogen-bond acceptors (Lipinski definition) is 4. The number of methoxy groups -OCH3 is 1. The van der Waals surface area contributed by atoms with E-state index in [9.17, 15) is 4.79 Å². The van der Waals surface area contributed by atoms with E-state index in [1.54, 1.807) is 24.5 Å². The third-order valence-corrected chi connectivity index (χ3v) is 1.93. The van der Waals surface area contributed by atoms with Crippen LogP contribution in [0.15, 0.2) is 28.9 Å². The molecular weight excluding hydrogens is 184 g/mol. The van der Waals surface area contributed by atoms with Gasteiger partial charge in [0, 0.05) is 0 Å². The first kappa shape index (κ1) is 8.62. The minimum Gasteiger partial charge on any atom is -0.492 e. The minimum atomic E-state index is 0.365. The smallest absolute Gasteiger partial charge is 0.298 e. The van der Waals surface area contributed by atoms with Crippen LogP contribution in [0.4, 0.5) is 0 Å². The van der Waals surface area contributed by atoms with Crippen molar-refractivity contribution in [3.05, 3.63) is 24.5 Å². The maximum absolute atomic E-state index is 10.2. The number of carbonyl (C=O) groups is 1. The van der Waals surface area contributed by atoms with Crippen LogP contribution in [0.3, 0.4) is 0 Å². The van der Waals surface area contributed by atoms with Gasteiger partial charge >= 0.3 is 0 Å². The molecule has 0 radical (unpaired) electrons. The molecule has 0 atom stereocenters. The lowest BCUT2D eigenvalue weighted by molar-refractivity contribution is -0.120. The fourth-order valence-corrected chi connectivity index (χ4v) is 1.35. The van der Waals surface area contributed by atoms with Crippen LogP contribution in [0.25, 0.3) is 11.0 Å². The second-order valence-corrected chi connectivity index (χ2v) is 2.64. The fraction of sp³-hybridized carbons (Fsp3) is 0.100. The summed E-state index contributed by atoms with van der Waals surface area (Å²) in [7, 11) is 1.51. The zero-order chi connectivity index (χ0) is 9.97. The van der Waals surface area contributed by atoms with Crippen LogP contribution < -0.4 is 9.47 Å². The normalized spacial score (nSPS) is 10.1. The first-order valence-electron chi connectivity index (χ1n) is 4.01. The Bertz CT molecular complexity index is 458. The molecule has 0 spiro atoms. The molecule has 1 aromatic carbocycles. The third kappa shape index (κ3) is 1.21. The number of carbonyl (C=O) groups excluding carboxylic acids is 1. The summed E-state index contributed by atoms with van der Waals surface area (Å²) in [6.07, 6.45) is 1.55. The average Bonchev–Trinajstić information content (AvgIpc) is 2.66. The highest BCUT2D eigenvalue weighted by Gasteiger charge is 2.10. The molecule has 2 aromatic rings. The van der Waals surface area contributed by atoms with Crippen LogP contribution in [0.2, 0.25) is 0 Å². The number of rotatable bonds is 3. The lowest BCUT2D eigenvalue weighted by atomic mass is 10.2. The molecule has 0 amide bonds. The van der Waals surface area contributed by atoms with Gasteiger partial charge in [-0.15, -0.1) is 0 Å². The molecule has 2 rings (SSSR count). The molecule has 0 aliphatic heterocycles. The Morgan fingerprint density at radius 2 is 2.21 bits per heavy atom. The zero-order valence-corrected chi connectivity index (χ0v) is 7.52. The number of ether oxygens (including phenoxy) is 2. The quantitative estimate of drug-likeness (QED) is 0.697. The largest absolute Gasteiger partial charge is 0.492 e.